The SMILES string of the molecule is CC1=C(c2nc(-c3cccs3)no2)C(c2cccc(Cl)c2)NC(=S)N1CCc1cccs1. The maximum atomic E-state index is 6.30. The highest BCUT2D eigenvalue weighted by Gasteiger charge is 2.34. The van der Waals surface area contributed by atoms with Gasteiger partial charge in [-0.3, -0.25) is 0 Å². The standard InChI is InChI=1S/C23H19ClN4OS3/c1-14-19(22-26-21(27-29-22)18-8-4-12-32-18)20(15-5-2-6-16(24)13-15)25-23(30)28(14)10-9-17-7-3-11-31-17/h2-8,11-13,20H,9-10H2,1H3,(H,25,30). The van der Waals surface area contributed by atoms with Crippen LogP contribution in [0.5, 0.6) is 0 Å². The molecule has 3 aromatic heterocycles. The van der Waals surface area contributed by atoms with Crippen LogP contribution in [-0.2, 0) is 6.42 Å². The number of benzene rings is 1. The molecule has 0 fully saturated rings. The van der Waals surface area contributed by atoms with Crippen LogP contribution in [0, 0.1) is 0 Å². The molecule has 5 rings (SSSR count). The van der Waals surface area contributed by atoms with Gasteiger partial charge in [0.05, 0.1) is 16.5 Å². The number of hydrogen-bond acceptors (Lipinski definition) is 6. The molecular formula is C23H19ClN4OS3. The molecule has 0 amide bonds. The van der Waals surface area contributed by atoms with Crippen LogP contribution in [0.2, 0.25) is 5.02 Å². The second-order valence-electron chi connectivity index (χ2n) is 7.32. The number of aromatic nitrogens is 2. The quantitative estimate of drug-likeness (QED) is 0.310. The predicted molar refractivity (Wildman–Crippen MR) is 135 cm³/mol. The van der Waals surface area contributed by atoms with E-state index < -0.39 is 0 Å². The molecule has 4 aromatic rings. The molecule has 1 aromatic carbocycles. The van der Waals surface area contributed by atoms with Crippen LogP contribution in [-0.4, -0.2) is 26.7 Å². The van der Waals surface area contributed by atoms with Crippen molar-refractivity contribution in [3.8, 4) is 10.7 Å². The maximum absolute atomic E-state index is 6.30. The molecule has 1 unspecified atom stereocenters. The number of halogens is 1. The molecular weight excluding hydrogens is 480 g/mol. The number of thiophene rings is 2. The minimum absolute atomic E-state index is 0.240. The zero-order chi connectivity index (χ0) is 22.1. The molecule has 162 valence electrons. The summed E-state index contributed by atoms with van der Waals surface area (Å²) in [5.74, 6) is 1.06. The summed E-state index contributed by atoms with van der Waals surface area (Å²) in [6.45, 7) is 2.82. The van der Waals surface area contributed by atoms with Crippen LogP contribution >= 0.6 is 46.5 Å². The smallest absolute Gasteiger partial charge is 0.258 e. The minimum Gasteiger partial charge on any atom is -0.351 e. The van der Waals surface area contributed by atoms with Crippen molar-refractivity contribution in [1.82, 2.24) is 20.4 Å². The Hall–Kier alpha value is -2.52. The fraction of sp³-hybridized carbons (Fsp3) is 0.174. The highest BCUT2D eigenvalue weighted by molar-refractivity contribution is 7.80. The summed E-state index contributed by atoms with van der Waals surface area (Å²) in [5.41, 5.74) is 2.89. The van der Waals surface area contributed by atoms with Crippen LogP contribution in [0.15, 0.2) is 69.5 Å². The average molecular weight is 499 g/mol. The van der Waals surface area contributed by atoms with Gasteiger partial charge in [-0.15, -0.1) is 22.7 Å². The molecule has 0 radical (unpaired) electrons. The summed E-state index contributed by atoms with van der Waals surface area (Å²) in [5, 5.41) is 13.1. The lowest BCUT2D eigenvalue weighted by Crippen LogP contribution is -2.46. The molecule has 0 aliphatic carbocycles. The van der Waals surface area contributed by atoms with E-state index in [-0.39, 0.29) is 6.04 Å². The number of nitrogens with one attached hydrogen (secondary N) is 1. The van der Waals surface area contributed by atoms with E-state index >= 15 is 0 Å². The molecule has 1 N–H and O–H groups in total. The first-order chi connectivity index (χ1) is 15.6. The Balaban J connectivity index is 1.56. The monoisotopic (exact) mass is 498 g/mol. The van der Waals surface area contributed by atoms with Crippen LogP contribution < -0.4 is 5.32 Å². The molecule has 1 aliphatic rings. The third kappa shape index (κ3) is 4.23. The topological polar surface area (TPSA) is 54.2 Å². The molecule has 1 atom stereocenters. The van der Waals surface area contributed by atoms with Gasteiger partial charge >= 0.3 is 0 Å². The number of allylic oxidation sites excluding steroid dienone is 1. The Morgan fingerprint density at radius 3 is 2.75 bits per heavy atom. The first kappa shape index (κ1) is 21.3. The average Bonchev–Trinajstić information content (AvgIpc) is 3.55. The molecule has 0 spiro atoms. The van der Waals surface area contributed by atoms with E-state index in [2.05, 4.69) is 39.8 Å². The van der Waals surface area contributed by atoms with E-state index in [0.717, 1.165) is 34.7 Å². The van der Waals surface area contributed by atoms with Crippen molar-refractivity contribution in [2.24, 2.45) is 0 Å². The molecule has 0 saturated carbocycles. The van der Waals surface area contributed by atoms with Crippen LogP contribution in [0.4, 0.5) is 0 Å². The number of thiocarbonyl (C=S) groups is 1. The molecule has 9 heteroatoms. The Kier molecular flexibility index (Phi) is 6.10. The van der Waals surface area contributed by atoms with Crippen molar-refractivity contribution in [3.63, 3.8) is 0 Å². The third-order valence-electron chi connectivity index (χ3n) is 5.34. The van der Waals surface area contributed by atoms with Crippen molar-refractivity contribution in [3.05, 3.63) is 86.3 Å². The van der Waals surface area contributed by atoms with E-state index in [9.17, 15) is 0 Å². The highest BCUT2D eigenvalue weighted by Crippen LogP contribution is 2.38. The van der Waals surface area contributed by atoms with Crippen molar-refractivity contribution < 1.29 is 4.52 Å². The van der Waals surface area contributed by atoms with Gasteiger partial charge in [-0.1, -0.05) is 41.0 Å². The Bertz CT molecular complexity index is 1260. The van der Waals surface area contributed by atoms with Gasteiger partial charge in [0.25, 0.3) is 5.89 Å². The van der Waals surface area contributed by atoms with Gasteiger partial charge in [-0.2, -0.15) is 4.98 Å². The number of hydrogen-bond donors (Lipinski definition) is 1. The van der Waals surface area contributed by atoms with E-state index in [1.165, 1.54) is 4.88 Å². The molecule has 1 aliphatic heterocycles. The van der Waals surface area contributed by atoms with Gasteiger partial charge < -0.3 is 14.7 Å². The summed E-state index contributed by atoms with van der Waals surface area (Å²) in [6.07, 6.45) is 0.899. The highest BCUT2D eigenvalue weighted by atomic mass is 35.5. The third-order valence-corrected chi connectivity index (χ3v) is 7.71. The second-order valence-corrected chi connectivity index (χ2v) is 10.1. The van der Waals surface area contributed by atoms with Crippen LogP contribution in [0.25, 0.3) is 16.3 Å². The van der Waals surface area contributed by atoms with Crippen molar-refractivity contribution in [2.75, 3.05) is 6.54 Å². The lowest BCUT2D eigenvalue weighted by molar-refractivity contribution is 0.397. The largest absolute Gasteiger partial charge is 0.351 e. The summed E-state index contributed by atoms with van der Waals surface area (Å²) in [4.78, 5) is 9.12. The fourth-order valence-electron chi connectivity index (χ4n) is 3.78. The Morgan fingerprint density at radius 1 is 1.16 bits per heavy atom. The maximum Gasteiger partial charge on any atom is 0.258 e. The first-order valence-electron chi connectivity index (χ1n) is 10.0. The lowest BCUT2D eigenvalue weighted by atomic mass is 9.94. The second kappa shape index (κ2) is 9.15. The van der Waals surface area contributed by atoms with E-state index in [1.54, 1.807) is 22.7 Å². The molecule has 5 nitrogen and oxygen atoms in total. The van der Waals surface area contributed by atoms with Crippen LogP contribution in [0.1, 0.15) is 29.3 Å². The summed E-state index contributed by atoms with van der Waals surface area (Å²) in [6, 6.07) is 15.7. The minimum atomic E-state index is -0.240. The Morgan fingerprint density at radius 2 is 2.00 bits per heavy atom. The van der Waals surface area contributed by atoms with Gasteiger partial charge in [-0.05, 0) is 66.2 Å². The summed E-state index contributed by atoms with van der Waals surface area (Å²) < 4.78 is 5.76. The van der Waals surface area contributed by atoms with Crippen molar-refractivity contribution in [2.45, 2.75) is 19.4 Å². The first-order valence-corrected chi connectivity index (χ1v) is 12.6. The fourth-order valence-corrected chi connectivity index (χ4v) is 5.67. The van der Waals surface area contributed by atoms with Gasteiger partial charge in [0.2, 0.25) is 5.82 Å². The van der Waals surface area contributed by atoms with Gasteiger partial charge in [0.15, 0.2) is 5.11 Å². The van der Waals surface area contributed by atoms with E-state index in [1.807, 2.05) is 41.8 Å². The molecule has 0 saturated heterocycles. The number of nitrogens with zero attached hydrogens (tertiary/aromatic N) is 3. The molecule has 4 heterocycles. The predicted octanol–water partition coefficient (Wildman–Crippen LogP) is 6.42. The molecule has 32 heavy (non-hydrogen) atoms. The van der Waals surface area contributed by atoms with Crippen molar-refractivity contribution in [1.29, 1.82) is 0 Å². The van der Waals surface area contributed by atoms with E-state index in [4.69, 9.17) is 33.3 Å². The number of rotatable bonds is 6. The van der Waals surface area contributed by atoms with Crippen LogP contribution in [0.3, 0.4) is 0 Å². The normalized spacial score (nSPS) is 16.5. The van der Waals surface area contributed by atoms with Gasteiger partial charge in [-0.25, -0.2) is 0 Å². The van der Waals surface area contributed by atoms with Crippen molar-refractivity contribution >= 4 is 57.2 Å². The van der Waals surface area contributed by atoms with Gasteiger partial charge in [0.1, 0.15) is 0 Å². The zero-order valence-electron chi connectivity index (χ0n) is 17.1. The summed E-state index contributed by atoms with van der Waals surface area (Å²) >= 11 is 15.4. The molecule has 0 bridgehead atoms. The lowest BCUT2D eigenvalue weighted by Gasteiger charge is -2.37. The Labute approximate surface area is 204 Å². The van der Waals surface area contributed by atoms with Gasteiger partial charge in [0, 0.05) is 22.1 Å². The summed E-state index contributed by atoms with van der Waals surface area (Å²) in [7, 11) is 0. The zero-order valence-corrected chi connectivity index (χ0v) is 20.3. The van der Waals surface area contributed by atoms with E-state index in [0.29, 0.717) is 21.9 Å².